The minimum Gasteiger partial charge on any atom is -0.497 e. The summed E-state index contributed by atoms with van der Waals surface area (Å²) in [7, 11) is 3.13. The lowest BCUT2D eigenvalue weighted by atomic mass is 10.1. The summed E-state index contributed by atoms with van der Waals surface area (Å²) < 4.78 is 10.4. The fourth-order valence-corrected chi connectivity index (χ4v) is 3.33. The van der Waals surface area contributed by atoms with Crippen molar-refractivity contribution in [2.45, 2.75) is 33.1 Å². The summed E-state index contributed by atoms with van der Waals surface area (Å²) in [6, 6.07) is 14.1. The van der Waals surface area contributed by atoms with Gasteiger partial charge < -0.3 is 24.4 Å². The highest BCUT2D eigenvalue weighted by Crippen LogP contribution is 2.23. The van der Waals surface area contributed by atoms with E-state index in [0.29, 0.717) is 29.3 Å². The molecule has 0 aliphatic heterocycles. The SMILES string of the molecule is COc1ccc(N(CCCC(=O)O)C(=O)CCN(C(=O)C(C)C)c2ccc(OC)cc2)cc1. The third-order valence-electron chi connectivity index (χ3n) is 5.15. The van der Waals surface area contributed by atoms with Gasteiger partial charge in [-0.25, -0.2) is 0 Å². The predicted octanol–water partition coefficient (Wildman–Crippen LogP) is 3.98. The first-order chi connectivity index (χ1) is 15.8. The Kier molecular flexibility index (Phi) is 9.72. The molecule has 0 atom stereocenters. The molecule has 2 aromatic rings. The summed E-state index contributed by atoms with van der Waals surface area (Å²) in [5, 5.41) is 8.98. The smallest absolute Gasteiger partial charge is 0.303 e. The van der Waals surface area contributed by atoms with E-state index in [-0.39, 0.29) is 43.7 Å². The lowest BCUT2D eigenvalue weighted by Crippen LogP contribution is -2.39. The number of hydrogen-bond acceptors (Lipinski definition) is 5. The van der Waals surface area contributed by atoms with Crippen LogP contribution >= 0.6 is 0 Å². The largest absolute Gasteiger partial charge is 0.497 e. The molecule has 0 aliphatic carbocycles. The highest BCUT2D eigenvalue weighted by molar-refractivity contribution is 5.97. The van der Waals surface area contributed by atoms with E-state index >= 15 is 0 Å². The van der Waals surface area contributed by atoms with Crippen molar-refractivity contribution in [2.75, 3.05) is 37.1 Å². The fourth-order valence-electron chi connectivity index (χ4n) is 3.33. The highest BCUT2D eigenvalue weighted by atomic mass is 16.5. The van der Waals surface area contributed by atoms with Crippen molar-refractivity contribution in [1.29, 1.82) is 0 Å². The molecule has 0 unspecified atom stereocenters. The molecule has 0 radical (unpaired) electrons. The van der Waals surface area contributed by atoms with Crippen molar-refractivity contribution in [2.24, 2.45) is 5.92 Å². The van der Waals surface area contributed by atoms with Gasteiger partial charge in [0, 0.05) is 43.2 Å². The maximum absolute atomic E-state index is 13.2. The molecule has 33 heavy (non-hydrogen) atoms. The van der Waals surface area contributed by atoms with Crippen LogP contribution in [0.1, 0.15) is 33.1 Å². The topological polar surface area (TPSA) is 96.4 Å². The normalized spacial score (nSPS) is 10.6. The molecule has 0 saturated carbocycles. The van der Waals surface area contributed by atoms with E-state index in [1.165, 1.54) is 0 Å². The summed E-state index contributed by atoms with van der Waals surface area (Å²) in [6.07, 6.45) is 0.369. The van der Waals surface area contributed by atoms with Gasteiger partial charge in [0.1, 0.15) is 11.5 Å². The summed E-state index contributed by atoms with van der Waals surface area (Å²) in [5.41, 5.74) is 1.33. The molecule has 1 N–H and O–H groups in total. The Bertz CT molecular complexity index is 925. The predicted molar refractivity (Wildman–Crippen MR) is 127 cm³/mol. The Labute approximate surface area is 194 Å². The number of methoxy groups -OCH3 is 2. The number of anilines is 2. The van der Waals surface area contributed by atoms with Gasteiger partial charge in [-0.1, -0.05) is 13.8 Å². The van der Waals surface area contributed by atoms with E-state index in [1.807, 2.05) is 13.8 Å². The van der Waals surface area contributed by atoms with Crippen molar-refractivity contribution in [3.05, 3.63) is 48.5 Å². The number of amides is 2. The zero-order valence-corrected chi connectivity index (χ0v) is 19.6. The maximum atomic E-state index is 13.2. The summed E-state index contributed by atoms with van der Waals surface area (Å²) in [6.45, 7) is 4.10. The van der Waals surface area contributed by atoms with Crippen LogP contribution in [0.2, 0.25) is 0 Å². The highest BCUT2D eigenvalue weighted by Gasteiger charge is 2.22. The van der Waals surface area contributed by atoms with Crippen molar-refractivity contribution in [1.82, 2.24) is 0 Å². The van der Waals surface area contributed by atoms with Crippen molar-refractivity contribution in [3.8, 4) is 11.5 Å². The van der Waals surface area contributed by atoms with Gasteiger partial charge in [-0.3, -0.25) is 14.4 Å². The average Bonchev–Trinajstić information content (AvgIpc) is 2.82. The second-order valence-electron chi connectivity index (χ2n) is 7.83. The van der Waals surface area contributed by atoms with Gasteiger partial charge in [-0.05, 0) is 55.0 Å². The molecule has 0 bridgehead atoms. The number of hydrogen-bond donors (Lipinski definition) is 1. The number of carboxylic acid groups (broad SMARTS) is 1. The fraction of sp³-hybridized carbons (Fsp3) is 0.400. The Balaban J connectivity index is 2.20. The molecule has 2 aromatic carbocycles. The maximum Gasteiger partial charge on any atom is 0.303 e. The molecule has 8 heteroatoms. The second kappa shape index (κ2) is 12.5. The first kappa shape index (κ1) is 25.7. The number of rotatable bonds is 12. The van der Waals surface area contributed by atoms with Gasteiger partial charge >= 0.3 is 5.97 Å². The molecule has 8 nitrogen and oxygen atoms in total. The molecule has 0 heterocycles. The van der Waals surface area contributed by atoms with Crippen LogP contribution in [0.4, 0.5) is 11.4 Å². The van der Waals surface area contributed by atoms with Gasteiger partial charge in [-0.2, -0.15) is 0 Å². The summed E-state index contributed by atoms with van der Waals surface area (Å²) >= 11 is 0. The summed E-state index contributed by atoms with van der Waals surface area (Å²) in [5.74, 6) is -0.1000. The van der Waals surface area contributed by atoms with Crippen LogP contribution in [0.5, 0.6) is 11.5 Å². The van der Waals surface area contributed by atoms with Gasteiger partial charge in [0.05, 0.1) is 14.2 Å². The van der Waals surface area contributed by atoms with Crippen LogP contribution in [-0.2, 0) is 14.4 Å². The minimum absolute atomic E-state index is 0.0380. The zero-order chi connectivity index (χ0) is 24.4. The van der Waals surface area contributed by atoms with E-state index in [4.69, 9.17) is 14.6 Å². The molecule has 0 fully saturated rings. The lowest BCUT2D eigenvalue weighted by Gasteiger charge is -2.27. The van der Waals surface area contributed by atoms with Crippen molar-refractivity contribution < 1.29 is 29.0 Å². The van der Waals surface area contributed by atoms with Crippen LogP contribution in [0.15, 0.2) is 48.5 Å². The number of carbonyl (C=O) groups excluding carboxylic acids is 2. The number of carboxylic acids is 1. The van der Waals surface area contributed by atoms with Crippen molar-refractivity contribution >= 4 is 29.2 Å². The van der Waals surface area contributed by atoms with Gasteiger partial charge in [0.2, 0.25) is 11.8 Å². The molecular weight excluding hydrogens is 424 g/mol. The van der Waals surface area contributed by atoms with Crippen LogP contribution < -0.4 is 19.3 Å². The molecule has 0 aliphatic rings. The van der Waals surface area contributed by atoms with E-state index in [2.05, 4.69) is 0 Å². The second-order valence-corrected chi connectivity index (χ2v) is 7.83. The van der Waals surface area contributed by atoms with E-state index in [1.54, 1.807) is 72.6 Å². The average molecular weight is 457 g/mol. The third-order valence-corrected chi connectivity index (χ3v) is 5.15. The van der Waals surface area contributed by atoms with Crippen molar-refractivity contribution in [3.63, 3.8) is 0 Å². The first-order valence-electron chi connectivity index (χ1n) is 10.9. The Morgan fingerprint density at radius 1 is 0.788 bits per heavy atom. The molecule has 2 rings (SSSR count). The minimum atomic E-state index is -0.912. The molecular formula is C25H32N2O6. The monoisotopic (exact) mass is 456 g/mol. The molecule has 0 saturated heterocycles. The lowest BCUT2D eigenvalue weighted by molar-refractivity contribution is -0.137. The van der Waals surface area contributed by atoms with E-state index < -0.39 is 5.97 Å². The van der Waals surface area contributed by atoms with Gasteiger partial charge in [0.15, 0.2) is 0 Å². The van der Waals surface area contributed by atoms with E-state index in [0.717, 1.165) is 0 Å². The molecule has 2 amide bonds. The van der Waals surface area contributed by atoms with Crippen LogP contribution in [0, 0.1) is 5.92 Å². The van der Waals surface area contributed by atoms with Crippen LogP contribution in [0.25, 0.3) is 0 Å². The Morgan fingerprint density at radius 3 is 1.70 bits per heavy atom. The van der Waals surface area contributed by atoms with Crippen LogP contribution in [-0.4, -0.2) is 50.2 Å². The standard InChI is InChI=1S/C25H32N2O6/c1-18(2)25(31)27(20-9-13-22(33-4)14-10-20)17-15-23(28)26(16-5-6-24(29)30)19-7-11-21(32-3)12-8-19/h7-14,18H,5-6,15-17H2,1-4H3,(H,29,30). The summed E-state index contributed by atoms with van der Waals surface area (Å²) in [4.78, 5) is 40.2. The zero-order valence-electron chi connectivity index (χ0n) is 19.6. The number of nitrogens with zero attached hydrogens (tertiary/aromatic N) is 2. The van der Waals surface area contributed by atoms with Gasteiger partial charge in [0.25, 0.3) is 0 Å². The quantitative estimate of drug-likeness (QED) is 0.519. The first-order valence-corrected chi connectivity index (χ1v) is 10.9. The number of carbonyl (C=O) groups is 3. The number of aliphatic carboxylic acids is 1. The molecule has 178 valence electrons. The third kappa shape index (κ3) is 7.52. The molecule has 0 aromatic heterocycles. The van der Waals surface area contributed by atoms with E-state index in [9.17, 15) is 14.4 Å². The Hall–Kier alpha value is -3.55. The van der Waals surface area contributed by atoms with Gasteiger partial charge in [-0.15, -0.1) is 0 Å². The molecule has 0 spiro atoms. The Morgan fingerprint density at radius 2 is 1.27 bits per heavy atom. The van der Waals surface area contributed by atoms with Crippen LogP contribution in [0.3, 0.4) is 0 Å². The number of ether oxygens (including phenoxy) is 2. The number of benzene rings is 2.